The molecule has 0 bridgehead atoms. The molecule has 1 amide bonds. The zero-order valence-corrected chi connectivity index (χ0v) is 15.2. The smallest absolute Gasteiger partial charge is 0.259 e. The van der Waals surface area contributed by atoms with E-state index in [4.69, 9.17) is 5.73 Å². The number of rotatable bonds is 4. The molecular formula is C20H28F2N2O2. The molecule has 144 valence electrons. The van der Waals surface area contributed by atoms with E-state index in [9.17, 15) is 18.7 Å². The summed E-state index contributed by atoms with van der Waals surface area (Å²) in [5.41, 5.74) is 4.46. The monoisotopic (exact) mass is 366 g/mol. The minimum atomic E-state index is -2.82. The van der Waals surface area contributed by atoms with Crippen LogP contribution in [0.25, 0.3) is 0 Å². The molecule has 2 aliphatic rings. The van der Waals surface area contributed by atoms with Crippen LogP contribution < -0.4 is 5.73 Å². The van der Waals surface area contributed by atoms with Crippen LogP contribution in [-0.2, 0) is 10.4 Å². The van der Waals surface area contributed by atoms with Crippen molar-refractivity contribution in [3.63, 3.8) is 0 Å². The molecule has 1 aromatic carbocycles. The SMILES string of the molecule is CC(N)C1CCN(C(=O)[C@](O)(c2ccccc2)[C@@H]2CCC(F)(F)C2)CC1. The maximum Gasteiger partial charge on any atom is 0.259 e. The van der Waals surface area contributed by atoms with E-state index < -0.39 is 29.8 Å². The number of aliphatic hydroxyl groups is 1. The average Bonchev–Trinajstić information content (AvgIpc) is 3.01. The van der Waals surface area contributed by atoms with Crippen molar-refractivity contribution in [2.75, 3.05) is 13.1 Å². The number of halogens is 2. The summed E-state index contributed by atoms with van der Waals surface area (Å²) in [6, 6.07) is 8.61. The van der Waals surface area contributed by atoms with Crippen LogP contribution in [0, 0.1) is 11.8 Å². The molecule has 1 saturated heterocycles. The van der Waals surface area contributed by atoms with E-state index in [0.717, 1.165) is 12.8 Å². The van der Waals surface area contributed by atoms with Crippen molar-refractivity contribution in [1.29, 1.82) is 0 Å². The highest BCUT2D eigenvalue weighted by molar-refractivity contribution is 5.87. The Morgan fingerprint density at radius 3 is 2.38 bits per heavy atom. The van der Waals surface area contributed by atoms with Gasteiger partial charge < -0.3 is 15.7 Å². The topological polar surface area (TPSA) is 66.6 Å². The van der Waals surface area contributed by atoms with E-state index in [2.05, 4.69) is 0 Å². The van der Waals surface area contributed by atoms with Gasteiger partial charge in [-0.2, -0.15) is 0 Å². The lowest BCUT2D eigenvalue weighted by Gasteiger charge is -2.41. The average molecular weight is 366 g/mol. The van der Waals surface area contributed by atoms with Crippen LogP contribution in [0.15, 0.2) is 30.3 Å². The largest absolute Gasteiger partial charge is 0.375 e. The second-order valence-corrected chi connectivity index (χ2v) is 7.92. The third kappa shape index (κ3) is 3.62. The summed E-state index contributed by atoms with van der Waals surface area (Å²) in [6.07, 6.45) is 0.942. The van der Waals surface area contributed by atoms with Gasteiger partial charge in [0, 0.05) is 37.9 Å². The first-order valence-electron chi connectivity index (χ1n) is 9.45. The highest BCUT2D eigenvalue weighted by Crippen LogP contribution is 2.48. The Bertz CT molecular complexity index is 630. The molecule has 3 rings (SSSR count). The van der Waals surface area contributed by atoms with E-state index in [1.807, 2.05) is 6.92 Å². The predicted molar refractivity (Wildman–Crippen MR) is 95.6 cm³/mol. The molecule has 4 nitrogen and oxygen atoms in total. The standard InChI is InChI=1S/C20H28F2N2O2/c1-14(23)15-8-11-24(12-9-15)18(25)20(26,16-5-3-2-4-6-16)17-7-10-19(21,22)13-17/h2-6,14-15,17,26H,7-13,23H2,1H3/t14?,17-,20+/m1/s1. The molecule has 26 heavy (non-hydrogen) atoms. The molecule has 1 aromatic rings. The minimum Gasteiger partial charge on any atom is -0.375 e. The molecule has 3 N–H and O–H groups in total. The Labute approximate surface area is 153 Å². The van der Waals surface area contributed by atoms with Crippen molar-refractivity contribution in [1.82, 2.24) is 4.90 Å². The number of hydrogen-bond acceptors (Lipinski definition) is 3. The molecule has 6 heteroatoms. The minimum absolute atomic E-state index is 0.0637. The summed E-state index contributed by atoms with van der Waals surface area (Å²) in [6.45, 7) is 2.97. The van der Waals surface area contributed by atoms with Crippen molar-refractivity contribution >= 4 is 5.91 Å². The predicted octanol–water partition coefficient (Wildman–Crippen LogP) is 2.90. The Morgan fingerprint density at radius 1 is 1.27 bits per heavy atom. The third-order valence-corrected chi connectivity index (χ3v) is 6.10. The van der Waals surface area contributed by atoms with Gasteiger partial charge in [0.15, 0.2) is 5.60 Å². The fraction of sp³-hybridized carbons (Fsp3) is 0.650. The number of amides is 1. The zero-order chi connectivity index (χ0) is 18.9. The lowest BCUT2D eigenvalue weighted by molar-refractivity contribution is -0.162. The van der Waals surface area contributed by atoms with Crippen molar-refractivity contribution < 1.29 is 18.7 Å². The summed E-state index contributed by atoms with van der Waals surface area (Å²) in [4.78, 5) is 14.9. The Hall–Kier alpha value is -1.53. The molecule has 1 unspecified atom stereocenters. The third-order valence-electron chi connectivity index (χ3n) is 6.10. The summed E-state index contributed by atoms with van der Waals surface area (Å²) in [7, 11) is 0. The first kappa shape index (κ1) is 19.2. The van der Waals surface area contributed by atoms with Crippen LogP contribution in [0.2, 0.25) is 0 Å². The lowest BCUT2D eigenvalue weighted by Crippen LogP contribution is -2.54. The number of nitrogens with zero attached hydrogens (tertiary/aromatic N) is 1. The zero-order valence-electron chi connectivity index (χ0n) is 15.2. The number of hydrogen-bond donors (Lipinski definition) is 2. The van der Waals surface area contributed by atoms with E-state index in [1.165, 1.54) is 0 Å². The Kier molecular flexibility index (Phi) is 5.35. The van der Waals surface area contributed by atoms with Crippen LogP contribution in [0.5, 0.6) is 0 Å². The summed E-state index contributed by atoms with van der Waals surface area (Å²) in [5.74, 6) is -3.71. The van der Waals surface area contributed by atoms with Gasteiger partial charge in [-0.05, 0) is 37.7 Å². The fourth-order valence-corrected chi connectivity index (χ4v) is 4.40. The van der Waals surface area contributed by atoms with Crippen LogP contribution >= 0.6 is 0 Å². The van der Waals surface area contributed by atoms with E-state index >= 15 is 0 Å². The first-order chi connectivity index (χ1) is 12.2. The number of carbonyl (C=O) groups is 1. The van der Waals surface area contributed by atoms with Crippen LogP contribution in [0.1, 0.15) is 44.6 Å². The molecule has 0 aromatic heterocycles. The van der Waals surface area contributed by atoms with Gasteiger partial charge in [0.2, 0.25) is 5.92 Å². The molecule has 2 fully saturated rings. The summed E-state index contributed by atoms with van der Waals surface area (Å²) >= 11 is 0. The van der Waals surface area contributed by atoms with Crippen molar-refractivity contribution in [3.05, 3.63) is 35.9 Å². The van der Waals surface area contributed by atoms with Gasteiger partial charge in [0.25, 0.3) is 5.91 Å². The number of nitrogens with two attached hydrogens (primary N) is 1. The number of carbonyl (C=O) groups excluding carboxylic acids is 1. The van der Waals surface area contributed by atoms with Gasteiger partial charge in [0.1, 0.15) is 0 Å². The van der Waals surface area contributed by atoms with Gasteiger partial charge in [-0.1, -0.05) is 30.3 Å². The first-order valence-corrected chi connectivity index (χ1v) is 9.45. The number of alkyl halides is 2. The molecule has 0 spiro atoms. The van der Waals surface area contributed by atoms with E-state index in [0.29, 0.717) is 24.6 Å². The second kappa shape index (κ2) is 7.24. The molecule has 1 aliphatic carbocycles. The van der Waals surface area contributed by atoms with Crippen LogP contribution in [0.4, 0.5) is 8.78 Å². The van der Waals surface area contributed by atoms with Gasteiger partial charge in [-0.3, -0.25) is 4.79 Å². The van der Waals surface area contributed by atoms with Crippen molar-refractivity contribution in [3.8, 4) is 0 Å². The van der Waals surface area contributed by atoms with E-state index in [1.54, 1.807) is 35.2 Å². The highest BCUT2D eigenvalue weighted by Gasteiger charge is 2.54. The maximum atomic E-state index is 13.8. The lowest BCUT2D eigenvalue weighted by atomic mass is 9.78. The Balaban J connectivity index is 1.86. The highest BCUT2D eigenvalue weighted by atomic mass is 19.3. The summed E-state index contributed by atoms with van der Waals surface area (Å²) < 4.78 is 27.7. The van der Waals surface area contributed by atoms with Gasteiger partial charge in [-0.25, -0.2) is 8.78 Å². The molecule has 1 saturated carbocycles. The summed E-state index contributed by atoms with van der Waals surface area (Å²) in [5, 5.41) is 11.5. The number of likely N-dealkylation sites (tertiary alicyclic amines) is 1. The van der Waals surface area contributed by atoms with Crippen molar-refractivity contribution in [2.24, 2.45) is 17.6 Å². The van der Waals surface area contributed by atoms with E-state index in [-0.39, 0.29) is 18.9 Å². The molecular weight excluding hydrogens is 338 g/mol. The van der Waals surface area contributed by atoms with Gasteiger partial charge >= 0.3 is 0 Å². The van der Waals surface area contributed by atoms with Gasteiger partial charge in [0.05, 0.1) is 0 Å². The van der Waals surface area contributed by atoms with Crippen molar-refractivity contribution in [2.45, 2.75) is 56.6 Å². The van der Waals surface area contributed by atoms with Crippen LogP contribution in [-0.4, -0.2) is 41.0 Å². The van der Waals surface area contributed by atoms with Crippen LogP contribution in [0.3, 0.4) is 0 Å². The molecule has 1 heterocycles. The number of piperidine rings is 1. The molecule has 1 aliphatic heterocycles. The molecule has 3 atom stereocenters. The normalized spacial score (nSPS) is 27.1. The fourth-order valence-electron chi connectivity index (χ4n) is 4.40. The molecule has 0 radical (unpaired) electrons. The maximum absolute atomic E-state index is 13.8. The second-order valence-electron chi connectivity index (χ2n) is 7.92. The quantitative estimate of drug-likeness (QED) is 0.861. The van der Waals surface area contributed by atoms with Gasteiger partial charge in [-0.15, -0.1) is 0 Å². The number of benzene rings is 1. The Morgan fingerprint density at radius 2 is 1.88 bits per heavy atom.